The van der Waals surface area contributed by atoms with Gasteiger partial charge < -0.3 is 0 Å². The first-order chi connectivity index (χ1) is 5.75. The van der Waals surface area contributed by atoms with Gasteiger partial charge in [-0.3, -0.25) is 0 Å². The van der Waals surface area contributed by atoms with Crippen molar-refractivity contribution in [2.45, 2.75) is 0 Å². The van der Waals surface area contributed by atoms with E-state index in [1.54, 1.807) is 13.2 Å². The van der Waals surface area contributed by atoms with Gasteiger partial charge in [-0.15, -0.1) is 0 Å². The van der Waals surface area contributed by atoms with Gasteiger partial charge >= 0.3 is 0 Å². The van der Waals surface area contributed by atoms with Crippen molar-refractivity contribution in [3.63, 3.8) is 0 Å². The van der Waals surface area contributed by atoms with Crippen molar-refractivity contribution in [3.05, 3.63) is 10.0 Å². The van der Waals surface area contributed by atoms with Gasteiger partial charge in [-0.2, -0.15) is 19.4 Å². The van der Waals surface area contributed by atoms with E-state index >= 15 is 0 Å². The van der Waals surface area contributed by atoms with Gasteiger partial charge in [-0.25, -0.2) is 4.98 Å². The van der Waals surface area contributed by atoms with Gasteiger partial charge in [0.2, 0.25) is 3.83 Å². The van der Waals surface area contributed by atoms with E-state index in [0.29, 0.717) is 0 Å². The SMILES string of the molecule is Cn1ncc(-c2nc(I)ns2)n1. The van der Waals surface area contributed by atoms with Crippen molar-refractivity contribution in [2.24, 2.45) is 7.05 Å². The number of nitrogens with zero attached hydrogens (tertiary/aromatic N) is 5. The van der Waals surface area contributed by atoms with Gasteiger partial charge in [0.05, 0.1) is 6.20 Å². The summed E-state index contributed by atoms with van der Waals surface area (Å²) in [6, 6.07) is 0. The first-order valence-corrected chi connectivity index (χ1v) is 4.97. The molecule has 0 unspecified atom stereocenters. The van der Waals surface area contributed by atoms with E-state index in [1.807, 2.05) is 0 Å². The molecule has 0 aliphatic carbocycles. The lowest BCUT2D eigenvalue weighted by molar-refractivity contribution is 0.655. The zero-order chi connectivity index (χ0) is 8.55. The molecule has 0 aliphatic heterocycles. The Bertz CT molecular complexity index is 356. The third kappa shape index (κ3) is 1.46. The molecule has 0 N–H and O–H groups in total. The second-order valence-corrected chi connectivity index (χ2v) is 3.80. The van der Waals surface area contributed by atoms with E-state index in [2.05, 4.69) is 42.1 Å². The fourth-order valence-corrected chi connectivity index (χ4v) is 1.97. The van der Waals surface area contributed by atoms with Crippen LogP contribution in [0.3, 0.4) is 0 Å². The number of aryl methyl sites for hydroxylation is 1. The van der Waals surface area contributed by atoms with Crippen molar-refractivity contribution in [1.29, 1.82) is 0 Å². The van der Waals surface area contributed by atoms with Crippen LogP contribution in [0.1, 0.15) is 0 Å². The van der Waals surface area contributed by atoms with Gasteiger partial charge in [-0.05, 0) is 11.5 Å². The molecule has 5 nitrogen and oxygen atoms in total. The molecule has 2 rings (SSSR count). The zero-order valence-corrected chi connectivity index (χ0v) is 9.07. The quantitative estimate of drug-likeness (QED) is 0.734. The Balaban J connectivity index is 2.43. The van der Waals surface area contributed by atoms with Crippen LogP contribution in [0.5, 0.6) is 0 Å². The first kappa shape index (κ1) is 8.05. The minimum atomic E-state index is 0.748. The average Bonchev–Trinajstić information content (AvgIpc) is 2.58. The molecular formula is C5H4IN5S. The number of hydrogen-bond acceptors (Lipinski definition) is 5. The van der Waals surface area contributed by atoms with Gasteiger partial charge in [-0.1, -0.05) is 0 Å². The fraction of sp³-hybridized carbons (Fsp3) is 0.200. The second-order valence-electron chi connectivity index (χ2n) is 2.09. The van der Waals surface area contributed by atoms with Crippen LogP contribution in [-0.4, -0.2) is 24.4 Å². The monoisotopic (exact) mass is 293 g/mol. The molecule has 0 radical (unpaired) electrons. The molecule has 0 saturated carbocycles. The van der Waals surface area contributed by atoms with Crippen LogP contribution in [0.2, 0.25) is 0 Å². The van der Waals surface area contributed by atoms with Crippen molar-refractivity contribution in [3.8, 4) is 10.7 Å². The Morgan fingerprint density at radius 1 is 1.58 bits per heavy atom. The predicted octanol–water partition coefficient (Wildman–Crippen LogP) is 0.938. The van der Waals surface area contributed by atoms with Crippen LogP contribution in [-0.2, 0) is 7.05 Å². The molecule has 2 heterocycles. The van der Waals surface area contributed by atoms with E-state index in [4.69, 9.17) is 0 Å². The van der Waals surface area contributed by atoms with Gasteiger partial charge in [0.25, 0.3) is 0 Å². The zero-order valence-electron chi connectivity index (χ0n) is 6.10. The van der Waals surface area contributed by atoms with E-state index in [9.17, 15) is 0 Å². The maximum absolute atomic E-state index is 4.17. The Morgan fingerprint density at radius 3 is 2.92 bits per heavy atom. The molecule has 62 valence electrons. The Morgan fingerprint density at radius 2 is 2.42 bits per heavy atom. The highest BCUT2D eigenvalue weighted by molar-refractivity contribution is 14.1. The van der Waals surface area contributed by atoms with Crippen molar-refractivity contribution in [2.75, 3.05) is 0 Å². The summed E-state index contributed by atoms with van der Waals surface area (Å²) >= 11 is 3.40. The molecule has 7 heteroatoms. The van der Waals surface area contributed by atoms with Crippen molar-refractivity contribution < 1.29 is 0 Å². The summed E-state index contributed by atoms with van der Waals surface area (Å²) in [5.41, 5.74) is 0.776. The van der Waals surface area contributed by atoms with Crippen LogP contribution < -0.4 is 0 Å². The van der Waals surface area contributed by atoms with E-state index in [-0.39, 0.29) is 0 Å². The summed E-state index contributed by atoms with van der Waals surface area (Å²) in [6.45, 7) is 0. The normalized spacial score (nSPS) is 10.5. The van der Waals surface area contributed by atoms with Gasteiger partial charge in [0.15, 0.2) is 5.01 Å². The molecule has 0 aromatic carbocycles. The first-order valence-electron chi connectivity index (χ1n) is 3.11. The summed E-state index contributed by atoms with van der Waals surface area (Å²) in [7, 11) is 1.77. The molecule has 0 atom stereocenters. The van der Waals surface area contributed by atoms with Crippen molar-refractivity contribution in [1.82, 2.24) is 24.4 Å². The van der Waals surface area contributed by atoms with E-state index < -0.39 is 0 Å². The summed E-state index contributed by atoms with van der Waals surface area (Å²) in [5, 5.41) is 8.86. The predicted molar refractivity (Wildman–Crippen MR) is 52.6 cm³/mol. The molecule has 2 aromatic heterocycles. The Hall–Kier alpha value is -0.570. The summed E-state index contributed by atoms with van der Waals surface area (Å²) in [6.07, 6.45) is 1.68. The lowest BCUT2D eigenvalue weighted by Gasteiger charge is -1.82. The molecule has 0 fully saturated rings. The maximum Gasteiger partial charge on any atom is 0.203 e. The Labute approximate surface area is 86.1 Å². The topological polar surface area (TPSA) is 56.5 Å². The van der Waals surface area contributed by atoms with Crippen LogP contribution in [0.15, 0.2) is 6.20 Å². The third-order valence-electron chi connectivity index (χ3n) is 1.22. The minimum Gasteiger partial charge on any atom is -0.208 e. The molecule has 0 aliphatic rings. The largest absolute Gasteiger partial charge is 0.208 e. The van der Waals surface area contributed by atoms with Gasteiger partial charge in [0.1, 0.15) is 5.69 Å². The lowest BCUT2D eigenvalue weighted by atomic mass is 10.5. The number of hydrogen-bond donors (Lipinski definition) is 0. The highest BCUT2D eigenvalue weighted by Gasteiger charge is 2.07. The van der Waals surface area contributed by atoms with Crippen molar-refractivity contribution >= 4 is 34.1 Å². The molecule has 2 aromatic rings. The van der Waals surface area contributed by atoms with E-state index in [1.165, 1.54) is 16.3 Å². The third-order valence-corrected chi connectivity index (χ3v) is 2.77. The molecule has 0 bridgehead atoms. The molecule has 0 spiro atoms. The lowest BCUT2D eigenvalue weighted by Crippen LogP contribution is -1.91. The minimum absolute atomic E-state index is 0.748. The van der Waals surface area contributed by atoms with E-state index in [0.717, 1.165) is 14.5 Å². The summed E-state index contributed by atoms with van der Waals surface area (Å²) < 4.78 is 4.79. The Kier molecular flexibility index (Phi) is 2.05. The maximum atomic E-state index is 4.17. The molecule has 12 heavy (non-hydrogen) atoms. The smallest absolute Gasteiger partial charge is 0.203 e. The van der Waals surface area contributed by atoms with Crippen LogP contribution in [0.4, 0.5) is 0 Å². The average molecular weight is 293 g/mol. The summed E-state index contributed by atoms with van der Waals surface area (Å²) in [4.78, 5) is 5.68. The van der Waals surface area contributed by atoms with Gasteiger partial charge in [0, 0.05) is 29.6 Å². The highest BCUT2D eigenvalue weighted by Crippen LogP contribution is 2.18. The van der Waals surface area contributed by atoms with Crippen LogP contribution >= 0.6 is 34.1 Å². The number of aromatic nitrogens is 5. The fourth-order valence-electron chi connectivity index (χ4n) is 0.753. The summed E-state index contributed by atoms with van der Waals surface area (Å²) in [5.74, 6) is 0. The number of halogens is 1. The highest BCUT2D eigenvalue weighted by atomic mass is 127. The van der Waals surface area contributed by atoms with Crippen LogP contribution in [0.25, 0.3) is 10.7 Å². The standard InChI is InChI=1S/C5H4IN5S/c1-11-7-2-3(9-11)4-8-5(6)10-12-4/h2H,1H3. The molecule has 0 saturated heterocycles. The number of rotatable bonds is 1. The van der Waals surface area contributed by atoms with Crippen LogP contribution in [0, 0.1) is 3.83 Å². The molecular weight excluding hydrogens is 289 g/mol. The second kappa shape index (κ2) is 3.05. The molecule has 0 amide bonds.